The largest absolute Gasteiger partial charge is 0.341 e. The molecule has 0 heterocycles. The molecule has 0 bridgehead atoms. The molecule has 0 aliphatic carbocycles. The highest BCUT2D eigenvalue weighted by molar-refractivity contribution is 9.10. The van der Waals surface area contributed by atoms with Crippen molar-refractivity contribution in [1.82, 2.24) is 4.90 Å². The van der Waals surface area contributed by atoms with E-state index >= 15 is 0 Å². The van der Waals surface area contributed by atoms with Gasteiger partial charge in [0.2, 0.25) is 5.91 Å². The van der Waals surface area contributed by atoms with Gasteiger partial charge in [0, 0.05) is 30.5 Å². The monoisotopic (exact) mass is 326 g/mol. The molecular weight excluding hydrogens is 304 g/mol. The van der Waals surface area contributed by atoms with E-state index in [0.717, 1.165) is 10.0 Å². The van der Waals surface area contributed by atoms with E-state index in [9.17, 15) is 4.79 Å². The molecule has 4 heteroatoms. The molecule has 0 fully saturated rings. The summed E-state index contributed by atoms with van der Waals surface area (Å²) in [5.74, 6) is 0.0856. The van der Waals surface area contributed by atoms with Gasteiger partial charge in [-0.2, -0.15) is 0 Å². The van der Waals surface area contributed by atoms with E-state index in [1.54, 1.807) is 4.90 Å². The summed E-state index contributed by atoms with van der Waals surface area (Å²) in [7, 11) is 1.82. The lowest BCUT2D eigenvalue weighted by Gasteiger charge is -2.28. The second-order valence-corrected chi connectivity index (χ2v) is 6.97. The Kier molecular flexibility index (Phi) is 5.56. The third-order valence-electron chi connectivity index (χ3n) is 3.24. The molecule has 0 aromatic heterocycles. The molecule has 1 amide bonds. The lowest BCUT2D eigenvalue weighted by Crippen LogP contribution is -2.40. The summed E-state index contributed by atoms with van der Waals surface area (Å²) >= 11 is 3.43. The lowest BCUT2D eigenvalue weighted by molar-refractivity contribution is -0.131. The van der Waals surface area contributed by atoms with Gasteiger partial charge in [-0.1, -0.05) is 48.8 Å². The topological polar surface area (TPSA) is 46.3 Å². The first-order chi connectivity index (χ1) is 8.70. The van der Waals surface area contributed by atoms with E-state index in [4.69, 9.17) is 5.73 Å². The number of hydrogen-bond donors (Lipinski definition) is 1. The van der Waals surface area contributed by atoms with Crippen LogP contribution in [0, 0.1) is 5.41 Å². The van der Waals surface area contributed by atoms with Gasteiger partial charge < -0.3 is 10.6 Å². The molecule has 2 N–H and O–H groups in total. The van der Waals surface area contributed by atoms with Gasteiger partial charge in [-0.3, -0.25) is 4.79 Å². The van der Waals surface area contributed by atoms with E-state index < -0.39 is 0 Å². The molecule has 0 saturated carbocycles. The first-order valence-electron chi connectivity index (χ1n) is 6.44. The summed E-state index contributed by atoms with van der Waals surface area (Å²) in [5, 5.41) is 0. The van der Waals surface area contributed by atoms with Gasteiger partial charge in [0.05, 0.1) is 0 Å². The number of carbonyl (C=O) groups is 1. The predicted octanol–water partition coefficient (Wildman–Crippen LogP) is 3.17. The van der Waals surface area contributed by atoms with Crippen LogP contribution in [0.15, 0.2) is 28.7 Å². The Hall–Kier alpha value is -0.870. The maximum atomic E-state index is 12.1. The Bertz CT molecular complexity index is 440. The Morgan fingerprint density at radius 3 is 2.58 bits per heavy atom. The zero-order valence-corrected chi connectivity index (χ0v) is 13.7. The minimum Gasteiger partial charge on any atom is -0.341 e. The van der Waals surface area contributed by atoms with Crippen molar-refractivity contribution in [3.05, 3.63) is 34.3 Å². The highest BCUT2D eigenvalue weighted by atomic mass is 79.9. The van der Waals surface area contributed by atoms with Crippen LogP contribution in [0.3, 0.4) is 0 Å². The van der Waals surface area contributed by atoms with Crippen molar-refractivity contribution in [3.63, 3.8) is 0 Å². The summed E-state index contributed by atoms with van der Waals surface area (Å²) in [4.78, 5) is 13.9. The number of amides is 1. The number of carbonyl (C=O) groups excluding carboxylic acids is 1. The van der Waals surface area contributed by atoms with Crippen molar-refractivity contribution in [2.24, 2.45) is 11.1 Å². The molecular formula is C15H23BrN2O. The van der Waals surface area contributed by atoms with Crippen LogP contribution in [0.5, 0.6) is 0 Å². The third kappa shape index (κ3) is 5.33. The number of hydrogen-bond acceptors (Lipinski definition) is 2. The molecule has 1 aromatic carbocycles. The summed E-state index contributed by atoms with van der Waals surface area (Å²) in [6.07, 6.45) is 0.383. The van der Waals surface area contributed by atoms with Crippen LogP contribution in [0.25, 0.3) is 0 Å². The van der Waals surface area contributed by atoms with Gasteiger partial charge in [-0.15, -0.1) is 0 Å². The van der Waals surface area contributed by atoms with Gasteiger partial charge in [0.15, 0.2) is 0 Å². The van der Waals surface area contributed by atoms with E-state index in [0.29, 0.717) is 13.0 Å². The van der Waals surface area contributed by atoms with Crippen LogP contribution in [-0.4, -0.2) is 23.9 Å². The van der Waals surface area contributed by atoms with Gasteiger partial charge in [-0.25, -0.2) is 0 Å². The summed E-state index contributed by atoms with van der Waals surface area (Å²) < 4.78 is 1.03. The summed E-state index contributed by atoms with van der Waals surface area (Å²) in [5.41, 5.74) is 7.11. The molecule has 1 atom stereocenters. The van der Waals surface area contributed by atoms with Crippen molar-refractivity contribution in [1.29, 1.82) is 0 Å². The minimum atomic E-state index is -0.120. The summed E-state index contributed by atoms with van der Waals surface area (Å²) in [6, 6.07) is 7.86. The Labute approximate surface area is 124 Å². The fourth-order valence-electron chi connectivity index (χ4n) is 1.65. The van der Waals surface area contributed by atoms with E-state index in [2.05, 4.69) is 36.7 Å². The van der Waals surface area contributed by atoms with Crippen LogP contribution in [0.2, 0.25) is 0 Å². The molecule has 1 rings (SSSR count). The average Bonchev–Trinajstić information content (AvgIpc) is 2.27. The van der Waals surface area contributed by atoms with Crippen LogP contribution < -0.4 is 5.73 Å². The molecule has 1 aromatic rings. The van der Waals surface area contributed by atoms with Crippen molar-refractivity contribution < 1.29 is 4.79 Å². The minimum absolute atomic E-state index is 0.0493. The average molecular weight is 327 g/mol. The molecule has 1 unspecified atom stereocenters. The fraction of sp³-hybridized carbons (Fsp3) is 0.533. The van der Waals surface area contributed by atoms with E-state index in [1.807, 2.05) is 31.3 Å². The number of nitrogens with two attached hydrogens (primary N) is 1. The normalized spacial score (nSPS) is 13.2. The second kappa shape index (κ2) is 6.53. The zero-order valence-electron chi connectivity index (χ0n) is 12.1. The zero-order chi connectivity index (χ0) is 14.6. The predicted molar refractivity (Wildman–Crippen MR) is 82.7 cm³/mol. The quantitative estimate of drug-likeness (QED) is 0.923. The van der Waals surface area contributed by atoms with Crippen LogP contribution in [-0.2, 0) is 11.3 Å². The number of benzene rings is 1. The molecule has 3 nitrogen and oxygen atoms in total. The Morgan fingerprint density at radius 1 is 1.42 bits per heavy atom. The number of nitrogens with zero attached hydrogens (tertiary/aromatic N) is 1. The molecule has 0 aliphatic rings. The van der Waals surface area contributed by atoms with Gasteiger partial charge in [-0.05, 0) is 23.1 Å². The van der Waals surface area contributed by atoms with Gasteiger partial charge >= 0.3 is 0 Å². The highest BCUT2D eigenvalue weighted by Gasteiger charge is 2.24. The first kappa shape index (κ1) is 16.2. The second-order valence-electron chi connectivity index (χ2n) is 6.06. The Morgan fingerprint density at radius 2 is 2.05 bits per heavy atom. The van der Waals surface area contributed by atoms with Crippen LogP contribution in [0.4, 0.5) is 0 Å². The van der Waals surface area contributed by atoms with Gasteiger partial charge in [0.25, 0.3) is 0 Å². The summed E-state index contributed by atoms with van der Waals surface area (Å²) in [6.45, 7) is 6.77. The third-order valence-corrected chi connectivity index (χ3v) is 3.73. The molecule has 106 valence electrons. The molecule has 0 spiro atoms. The number of rotatable bonds is 4. The lowest BCUT2D eigenvalue weighted by atomic mass is 9.85. The molecule has 0 saturated heterocycles. The maximum Gasteiger partial charge on any atom is 0.224 e. The van der Waals surface area contributed by atoms with Crippen molar-refractivity contribution >= 4 is 21.8 Å². The Balaban J connectivity index is 2.58. The molecule has 0 radical (unpaired) electrons. The molecule has 19 heavy (non-hydrogen) atoms. The van der Waals surface area contributed by atoms with Crippen molar-refractivity contribution in [2.75, 3.05) is 7.05 Å². The van der Waals surface area contributed by atoms with Crippen molar-refractivity contribution in [3.8, 4) is 0 Å². The van der Waals surface area contributed by atoms with E-state index in [-0.39, 0.29) is 17.4 Å². The fourth-order valence-corrected chi connectivity index (χ4v) is 2.09. The van der Waals surface area contributed by atoms with E-state index in [1.165, 1.54) is 0 Å². The van der Waals surface area contributed by atoms with Gasteiger partial charge in [0.1, 0.15) is 0 Å². The van der Waals surface area contributed by atoms with Crippen LogP contribution >= 0.6 is 15.9 Å². The highest BCUT2D eigenvalue weighted by Crippen LogP contribution is 2.20. The van der Waals surface area contributed by atoms with Crippen LogP contribution in [0.1, 0.15) is 32.8 Å². The standard InChI is InChI=1S/C15H23BrN2O/c1-15(2,3)13(17)9-14(19)18(4)10-11-6-5-7-12(16)8-11/h5-8,13H,9-10,17H2,1-4H3. The number of halogens is 1. The van der Waals surface area contributed by atoms with Crippen molar-refractivity contribution in [2.45, 2.75) is 39.8 Å². The molecule has 0 aliphatic heterocycles. The first-order valence-corrected chi connectivity index (χ1v) is 7.23. The maximum absolute atomic E-state index is 12.1. The smallest absolute Gasteiger partial charge is 0.224 e. The SMILES string of the molecule is CN(Cc1cccc(Br)c1)C(=O)CC(N)C(C)(C)C.